The Hall–Kier alpha value is -0.680. The lowest BCUT2D eigenvalue weighted by Crippen LogP contribution is -2.47. The predicted octanol–water partition coefficient (Wildman–Crippen LogP) is 1.31. The van der Waals surface area contributed by atoms with Crippen LogP contribution in [0.15, 0.2) is 0 Å². The van der Waals surface area contributed by atoms with Crippen molar-refractivity contribution in [2.75, 3.05) is 53.1 Å². The zero-order chi connectivity index (χ0) is 13.2. The Morgan fingerprint density at radius 3 is 2.22 bits per heavy atom. The van der Waals surface area contributed by atoms with Crippen LogP contribution in [-0.4, -0.2) is 68.8 Å². The van der Waals surface area contributed by atoms with Crippen LogP contribution in [0.5, 0.6) is 0 Å². The Kier molecular flexibility index (Phi) is 7.93. The molecule has 0 saturated carbocycles. The SMILES string of the molecule is COC(=O)CCN1CCN(CCCCCF)CC1. The second-order valence-corrected chi connectivity index (χ2v) is 4.76. The Morgan fingerprint density at radius 2 is 1.67 bits per heavy atom. The molecule has 0 aromatic rings. The van der Waals surface area contributed by atoms with Crippen LogP contribution in [0.2, 0.25) is 0 Å². The normalized spacial score (nSPS) is 17.9. The van der Waals surface area contributed by atoms with Crippen LogP contribution in [0.25, 0.3) is 0 Å². The molecule has 5 heteroatoms. The minimum Gasteiger partial charge on any atom is -0.469 e. The van der Waals surface area contributed by atoms with Crippen LogP contribution in [0, 0.1) is 0 Å². The number of hydrogen-bond acceptors (Lipinski definition) is 4. The van der Waals surface area contributed by atoms with E-state index in [1.54, 1.807) is 0 Å². The number of carbonyl (C=O) groups excluding carboxylic acids is 1. The van der Waals surface area contributed by atoms with Gasteiger partial charge in [-0.05, 0) is 25.8 Å². The Bertz CT molecular complexity index is 231. The number of piperazine rings is 1. The molecule has 0 aromatic carbocycles. The highest BCUT2D eigenvalue weighted by atomic mass is 19.1. The molecule has 0 radical (unpaired) electrons. The summed E-state index contributed by atoms with van der Waals surface area (Å²) < 4.78 is 16.6. The summed E-state index contributed by atoms with van der Waals surface area (Å²) in [5.74, 6) is -0.136. The predicted molar refractivity (Wildman–Crippen MR) is 69.3 cm³/mol. The van der Waals surface area contributed by atoms with Crippen molar-refractivity contribution in [2.24, 2.45) is 0 Å². The first kappa shape index (κ1) is 15.4. The third-order valence-corrected chi connectivity index (χ3v) is 3.43. The lowest BCUT2D eigenvalue weighted by Gasteiger charge is -2.34. The van der Waals surface area contributed by atoms with E-state index < -0.39 is 0 Å². The molecule has 0 N–H and O–H groups in total. The lowest BCUT2D eigenvalue weighted by molar-refractivity contribution is -0.141. The molecule has 1 fully saturated rings. The van der Waals surface area contributed by atoms with Gasteiger partial charge in [0.1, 0.15) is 0 Å². The van der Waals surface area contributed by atoms with Gasteiger partial charge in [-0.2, -0.15) is 0 Å². The molecule has 1 saturated heterocycles. The van der Waals surface area contributed by atoms with E-state index in [1.165, 1.54) is 7.11 Å². The van der Waals surface area contributed by atoms with Gasteiger partial charge in [-0.1, -0.05) is 0 Å². The van der Waals surface area contributed by atoms with E-state index in [4.69, 9.17) is 0 Å². The van der Waals surface area contributed by atoms with E-state index in [2.05, 4.69) is 14.5 Å². The number of ether oxygens (including phenoxy) is 1. The van der Waals surface area contributed by atoms with E-state index in [0.717, 1.165) is 52.1 Å². The van der Waals surface area contributed by atoms with Crippen molar-refractivity contribution in [3.63, 3.8) is 0 Å². The number of hydrogen-bond donors (Lipinski definition) is 0. The number of nitrogens with zero attached hydrogens (tertiary/aromatic N) is 2. The van der Waals surface area contributed by atoms with Gasteiger partial charge in [0.05, 0.1) is 20.2 Å². The topological polar surface area (TPSA) is 32.8 Å². The van der Waals surface area contributed by atoms with Crippen LogP contribution in [0.4, 0.5) is 4.39 Å². The van der Waals surface area contributed by atoms with Crippen LogP contribution < -0.4 is 0 Å². The van der Waals surface area contributed by atoms with Crippen molar-refractivity contribution in [3.05, 3.63) is 0 Å². The fourth-order valence-electron chi connectivity index (χ4n) is 2.19. The molecule has 0 spiro atoms. The summed E-state index contributed by atoms with van der Waals surface area (Å²) in [4.78, 5) is 15.8. The summed E-state index contributed by atoms with van der Waals surface area (Å²) in [7, 11) is 1.43. The molecular weight excluding hydrogens is 235 g/mol. The summed E-state index contributed by atoms with van der Waals surface area (Å²) in [5, 5.41) is 0. The molecule has 0 aliphatic carbocycles. The van der Waals surface area contributed by atoms with Gasteiger partial charge in [0, 0.05) is 32.7 Å². The first-order chi connectivity index (χ1) is 8.76. The van der Waals surface area contributed by atoms with Crippen molar-refractivity contribution in [1.82, 2.24) is 9.80 Å². The van der Waals surface area contributed by atoms with Gasteiger partial charge in [0.25, 0.3) is 0 Å². The van der Waals surface area contributed by atoms with Crippen LogP contribution in [-0.2, 0) is 9.53 Å². The van der Waals surface area contributed by atoms with Gasteiger partial charge >= 0.3 is 5.97 Å². The third kappa shape index (κ3) is 6.31. The molecule has 1 heterocycles. The smallest absolute Gasteiger partial charge is 0.306 e. The molecule has 1 aliphatic rings. The molecule has 0 atom stereocenters. The highest BCUT2D eigenvalue weighted by molar-refractivity contribution is 5.69. The van der Waals surface area contributed by atoms with Crippen molar-refractivity contribution < 1.29 is 13.9 Å². The standard InChI is InChI=1S/C13H25FN2O2/c1-18-13(17)5-8-16-11-9-15(10-12-16)7-4-2-3-6-14/h2-12H2,1H3. The minimum absolute atomic E-state index is 0.136. The third-order valence-electron chi connectivity index (χ3n) is 3.43. The number of rotatable bonds is 8. The van der Waals surface area contributed by atoms with Crippen molar-refractivity contribution >= 4 is 5.97 Å². The fourth-order valence-corrected chi connectivity index (χ4v) is 2.19. The van der Waals surface area contributed by atoms with Crippen molar-refractivity contribution in [2.45, 2.75) is 25.7 Å². The van der Waals surface area contributed by atoms with E-state index in [9.17, 15) is 9.18 Å². The molecule has 18 heavy (non-hydrogen) atoms. The van der Waals surface area contributed by atoms with E-state index in [0.29, 0.717) is 12.8 Å². The van der Waals surface area contributed by atoms with Gasteiger partial charge in [-0.3, -0.25) is 9.18 Å². The first-order valence-electron chi connectivity index (χ1n) is 6.83. The van der Waals surface area contributed by atoms with Crippen molar-refractivity contribution in [1.29, 1.82) is 0 Å². The molecule has 4 nitrogen and oxygen atoms in total. The van der Waals surface area contributed by atoms with Crippen LogP contribution >= 0.6 is 0 Å². The highest BCUT2D eigenvalue weighted by Crippen LogP contribution is 2.05. The number of halogens is 1. The maximum Gasteiger partial charge on any atom is 0.306 e. The molecule has 0 aromatic heterocycles. The first-order valence-corrected chi connectivity index (χ1v) is 6.83. The Labute approximate surface area is 109 Å². The number of methoxy groups -OCH3 is 1. The summed E-state index contributed by atoms with van der Waals surface area (Å²) in [6.45, 7) is 5.81. The zero-order valence-corrected chi connectivity index (χ0v) is 11.4. The molecule has 1 aliphatic heterocycles. The van der Waals surface area contributed by atoms with Gasteiger partial charge in [-0.15, -0.1) is 0 Å². The summed E-state index contributed by atoms with van der Waals surface area (Å²) >= 11 is 0. The average molecular weight is 260 g/mol. The molecule has 1 rings (SSSR count). The molecule has 0 amide bonds. The summed E-state index contributed by atoms with van der Waals surface area (Å²) in [6.07, 6.45) is 3.25. The maximum atomic E-state index is 11.9. The molecule has 106 valence electrons. The number of carbonyl (C=O) groups is 1. The largest absolute Gasteiger partial charge is 0.469 e. The van der Waals surface area contributed by atoms with E-state index >= 15 is 0 Å². The molecule has 0 unspecified atom stereocenters. The number of alkyl halides is 1. The summed E-state index contributed by atoms with van der Waals surface area (Å²) in [5.41, 5.74) is 0. The van der Waals surface area contributed by atoms with E-state index in [1.807, 2.05) is 0 Å². The average Bonchev–Trinajstić information content (AvgIpc) is 2.42. The van der Waals surface area contributed by atoms with Gasteiger partial charge in [0.2, 0.25) is 0 Å². The zero-order valence-electron chi connectivity index (χ0n) is 11.4. The molecule has 0 bridgehead atoms. The monoisotopic (exact) mass is 260 g/mol. The molecular formula is C13H25FN2O2. The second-order valence-electron chi connectivity index (χ2n) is 4.76. The van der Waals surface area contributed by atoms with Crippen LogP contribution in [0.1, 0.15) is 25.7 Å². The number of unbranched alkanes of at least 4 members (excludes halogenated alkanes) is 2. The fraction of sp³-hybridized carbons (Fsp3) is 0.923. The van der Waals surface area contributed by atoms with Crippen LogP contribution in [0.3, 0.4) is 0 Å². The quantitative estimate of drug-likeness (QED) is 0.486. The van der Waals surface area contributed by atoms with Gasteiger partial charge < -0.3 is 14.5 Å². The summed E-state index contributed by atoms with van der Waals surface area (Å²) in [6, 6.07) is 0. The van der Waals surface area contributed by atoms with Crippen molar-refractivity contribution in [3.8, 4) is 0 Å². The minimum atomic E-state index is -0.193. The highest BCUT2D eigenvalue weighted by Gasteiger charge is 2.16. The van der Waals surface area contributed by atoms with Gasteiger partial charge in [-0.25, -0.2) is 0 Å². The van der Waals surface area contributed by atoms with Gasteiger partial charge in [0.15, 0.2) is 0 Å². The Morgan fingerprint density at radius 1 is 1.06 bits per heavy atom. The second kappa shape index (κ2) is 9.28. The Balaban J connectivity index is 2.03. The lowest BCUT2D eigenvalue weighted by atomic mass is 10.2. The maximum absolute atomic E-state index is 11.9. The van der Waals surface area contributed by atoms with E-state index in [-0.39, 0.29) is 12.6 Å². The number of esters is 1.